The summed E-state index contributed by atoms with van der Waals surface area (Å²) in [7, 11) is -1.10. The van der Waals surface area contributed by atoms with Crippen molar-refractivity contribution in [3.05, 3.63) is 60.2 Å². The van der Waals surface area contributed by atoms with Crippen LogP contribution in [0, 0.1) is 0 Å². The molecule has 5 nitrogen and oxygen atoms in total. The largest absolute Gasteiger partial charge is 0.488 e. The highest BCUT2D eigenvalue weighted by Crippen LogP contribution is 2.27. The molecule has 2 aromatic carbocycles. The van der Waals surface area contributed by atoms with E-state index in [0.29, 0.717) is 18.8 Å². The fourth-order valence-corrected chi connectivity index (χ4v) is 3.57. The number of carbonyl (C=O) groups is 1. The normalized spacial score (nSPS) is 16.8. The minimum Gasteiger partial charge on any atom is -0.488 e. The number of hydrogen-bond donors (Lipinski definition) is 2. The molecule has 6 heteroatoms. The molecular formula is C18H20N2O3S. The average molecular weight is 344 g/mol. The van der Waals surface area contributed by atoms with Crippen molar-refractivity contribution in [2.45, 2.75) is 17.4 Å². The van der Waals surface area contributed by atoms with Crippen molar-refractivity contribution in [3.8, 4) is 5.75 Å². The van der Waals surface area contributed by atoms with Crippen LogP contribution in [0.5, 0.6) is 5.75 Å². The van der Waals surface area contributed by atoms with E-state index in [2.05, 4.69) is 10.6 Å². The van der Waals surface area contributed by atoms with E-state index in [-0.39, 0.29) is 12.1 Å². The summed E-state index contributed by atoms with van der Waals surface area (Å²) in [6, 6.07) is 16.9. The Morgan fingerprint density at radius 1 is 1.08 bits per heavy atom. The number of fused-ring (bicyclic) bond motifs is 1. The van der Waals surface area contributed by atoms with Crippen molar-refractivity contribution in [1.82, 2.24) is 10.6 Å². The van der Waals surface area contributed by atoms with E-state index in [1.165, 1.54) is 5.56 Å². The van der Waals surface area contributed by atoms with E-state index in [4.69, 9.17) is 4.74 Å². The average Bonchev–Trinajstić information content (AvgIpc) is 3.03. The molecule has 0 aromatic heterocycles. The molecule has 2 aromatic rings. The molecule has 1 aliphatic rings. The molecule has 0 saturated heterocycles. The van der Waals surface area contributed by atoms with Crippen molar-refractivity contribution in [1.29, 1.82) is 0 Å². The third-order valence-electron chi connectivity index (χ3n) is 3.78. The number of para-hydroxylation sites is 1. The Kier molecular flexibility index (Phi) is 5.48. The molecule has 0 bridgehead atoms. The molecule has 0 fully saturated rings. The summed E-state index contributed by atoms with van der Waals surface area (Å²) in [6.07, 6.45) is 0.765. The topological polar surface area (TPSA) is 67.4 Å². The first-order chi connectivity index (χ1) is 11.7. The van der Waals surface area contributed by atoms with E-state index in [9.17, 15) is 9.00 Å². The summed E-state index contributed by atoms with van der Waals surface area (Å²) < 4.78 is 17.8. The number of urea groups is 1. The highest BCUT2D eigenvalue weighted by atomic mass is 32.2. The van der Waals surface area contributed by atoms with Gasteiger partial charge in [0.05, 0.1) is 17.3 Å². The highest BCUT2D eigenvalue weighted by Gasteiger charge is 2.22. The number of nitrogens with one attached hydrogen (secondary N) is 2. The molecule has 0 saturated carbocycles. The Balaban J connectivity index is 1.34. The van der Waals surface area contributed by atoms with Crippen molar-refractivity contribution >= 4 is 16.8 Å². The van der Waals surface area contributed by atoms with Crippen molar-refractivity contribution in [2.75, 3.05) is 18.8 Å². The second kappa shape index (κ2) is 7.97. The quantitative estimate of drug-likeness (QED) is 0.843. The first-order valence-electron chi connectivity index (χ1n) is 7.92. The Hall–Kier alpha value is -2.34. The minimum absolute atomic E-state index is 0.0356. The SMILES string of the molecule is O=C(NCC[S@@](=O)c1ccccc1)NC[C@H]1Cc2ccccc2O1. The molecule has 3 rings (SSSR count). The van der Waals surface area contributed by atoms with E-state index in [1.54, 1.807) is 0 Å². The van der Waals surface area contributed by atoms with Gasteiger partial charge in [0.15, 0.2) is 0 Å². The number of amides is 2. The smallest absolute Gasteiger partial charge is 0.314 e. The van der Waals surface area contributed by atoms with Gasteiger partial charge in [-0.2, -0.15) is 0 Å². The van der Waals surface area contributed by atoms with Crippen LogP contribution >= 0.6 is 0 Å². The zero-order valence-corrected chi connectivity index (χ0v) is 14.1. The first kappa shape index (κ1) is 16.5. The summed E-state index contributed by atoms with van der Waals surface area (Å²) in [5.74, 6) is 1.28. The fourth-order valence-electron chi connectivity index (χ4n) is 2.58. The van der Waals surface area contributed by atoms with Gasteiger partial charge >= 0.3 is 6.03 Å². The maximum Gasteiger partial charge on any atom is 0.314 e. The zero-order chi connectivity index (χ0) is 16.8. The van der Waals surface area contributed by atoms with Crippen LogP contribution in [-0.2, 0) is 17.2 Å². The summed E-state index contributed by atoms with van der Waals surface area (Å²) in [4.78, 5) is 12.6. The zero-order valence-electron chi connectivity index (χ0n) is 13.2. The molecule has 2 N–H and O–H groups in total. The van der Waals surface area contributed by atoms with Crippen LogP contribution in [0.15, 0.2) is 59.5 Å². The molecule has 126 valence electrons. The van der Waals surface area contributed by atoms with E-state index in [0.717, 1.165) is 17.1 Å². The molecule has 0 radical (unpaired) electrons. The van der Waals surface area contributed by atoms with Crippen LogP contribution < -0.4 is 15.4 Å². The van der Waals surface area contributed by atoms with Gasteiger partial charge in [-0.1, -0.05) is 36.4 Å². The monoisotopic (exact) mass is 344 g/mol. The molecule has 0 spiro atoms. The molecule has 2 atom stereocenters. The maximum atomic E-state index is 12.0. The lowest BCUT2D eigenvalue weighted by Gasteiger charge is -2.12. The van der Waals surface area contributed by atoms with Crippen LogP contribution in [-0.4, -0.2) is 35.2 Å². The summed E-state index contributed by atoms with van der Waals surface area (Å²) in [5.41, 5.74) is 1.17. The van der Waals surface area contributed by atoms with Gasteiger partial charge in [0, 0.05) is 23.6 Å². The number of carbonyl (C=O) groups excluding carboxylic acids is 1. The summed E-state index contributed by atoms with van der Waals surface area (Å²) in [6.45, 7) is 0.807. The van der Waals surface area contributed by atoms with Gasteiger partial charge in [0.2, 0.25) is 0 Å². The van der Waals surface area contributed by atoms with Gasteiger partial charge in [-0.15, -0.1) is 0 Å². The second-order valence-corrected chi connectivity index (χ2v) is 7.12. The van der Waals surface area contributed by atoms with Gasteiger partial charge in [-0.3, -0.25) is 4.21 Å². The summed E-state index contributed by atoms with van der Waals surface area (Å²) >= 11 is 0. The Morgan fingerprint density at radius 3 is 2.62 bits per heavy atom. The highest BCUT2D eigenvalue weighted by molar-refractivity contribution is 7.85. The second-order valence-electron chi connectivity index (χ2n) is 5.55. The van der Waals surface area contributed by atoms with Gasteiger partial charge in [0.25, 0.3) is 0 Å². The third-order valence-corrected chi connectivity index (χ3v) is 5.16. The molecule has 1 aliphatic heterocycles. The molecule has 24 heavy (non-hydrogen) atoms. The summed E-state index contributed by atoms with van der Waals surface area (Å²) in [5, 5.41) is 5.53. The van der Waals surface area contributed by atoms with Gasteiger partial charge in [-0.05, 0) is 23.8 Å². The van der Waals surface area contributed by atoms with Crippen LogP contribution in [0.3, 0.4) is 0 Å². The van der Waals surface area contributed by atoms with Crippen LogP contribution in [0.25, 0.3) is 0 Å². The van der Waals surface area contributed by atoms with Crippen LogP contribution in [0.1, 0.15) is 5.56 Å². The Bertz CT molecular complexity index is 696. The molecule has 2 amide bonds. The third kappa shape index (κ3) is 4.35. The maximum absolute atomic E-state index is 12.0. The number of ether oxygens (including phenoxy) is 1. The van der Waals surface area contributed by atoms with Gasteiger partial charge in [-0.25, -0.2) is 4.79 Å². The number of rotatable bonds is 6. The van der Waals surface area contributed by atoms with E-state index in [1.807, 2.05) is 54.6 Å². The van der Waals surface area contributed by atoms with Crippen molar-refractivity contribution in [2.24, 2.45) is 0 Å². The van der Waals surface area contributed by atoms with Crippen LogP contribution in [0.2, 0.25) is 0 Å². The number of hydrogen-bond acceptors (Lipinski definition) is 3. The molecule has 0 unspecified atom stereocenters. The van der Waals surface area contributed by atoms with Crippen LogP contribution in [0.4, 0.5) is 4.79 Å². The lowest BCUT2D eigenvalue weighted by molar-refractivity contribution is 0.214. The van der Waals surface area contributed by atoms with Gasteiger partial charge in [0.1, 0.15) is 11.9 Å². The molecule has 1 heterocycles. The number of benzene rings is 2. The Labute approximate surface area is 143 Å². The van der Waals surface area contributed by atoms with Gasteiger partial charge < -0.3 is 15.4 Å². The lowest BCUT2D eigenvalue weighted by atomic mass is 10.1. The van der Waals surface area contributed by atoms with Crippen molar-refractivity contribution < 1.29 is 13.7 Å². The fraction of sp³-hybridized carbons (Fsp3) is 0.278. The molecular weight excluding hydrogens is 324 g/mol. The minimum atomic E-state index is -1.10. The molecule has 0 aliphatic carbocycles. The van der Waals surface area contributed by atoms with Crippen molar-refractivity contribution in [3.63, 3.8) is 0 Å². The predicted molar refractivity (Wildman–Crippen MR) is 93.7 cm³/mol. The van der Waals surface area contributed by atoms with E-state index < -0.39 is 10.8 Å². The van der Waals surface area contributed by atoms with E-state index >= 15 is 0 Å². The predicted octanol–water partition coefficient (Wildman–Crippen LogP) is 2.10. The lowest BCUT2D eigenvalue weighted by Crippen LogP contribution is -2.42. The Morgan fingerprint density at radius 2 is 1.83 bits per heavy atom. The standard InChI is InChI=1S/C18H20N2O3S/c21-18(19-10-11-24(22)16-7-2-1-3-8-16)20-13-15-12-14-6-4-5-9-17(14)23-15/h1-9,15H,10-13H2,(H2,19,20,21)/t15-,24-/m1/s1. The first-order valence-corrected chi connectivity index (χ1v) is 9.24.